The first-order valence-corrected chi connectivity index (χ1v) is 12.5. The van der Waals surface area contributed by atoms with Crippen LogP contribution in [0.5, 0.6) is 5.75 Å². The Bertz CT molecular complexity index is 1000. The summed E-state index contributed by atoms with van der Waals surface area (Å²) in [6, 6.07) is 13.6. The average molecular weight is 458 g/mol. The fraction of sp³-hybridized carbons (Fsp3) is 0.400. The van der Waals surface area contributed by atoms with E-state index in [0.29, 0.717) is 30.5 Å². The number of hydrogen-bond donors (Lipinski definition) is 2. The van der Waals surface area contributed by atoms with Crippen LogP contribution in [0.2, 0.25) is 0 Å². The van der Waals surface area contributed by atoms with Gasteiger partial charge in [-0.05, 0) is 86.6 Å². The Hall–Kier alpha value is -2.48. The van der Waals surface area contributed by atoms with E-state index < -0.39 is 16.2 Å². The maximum Gasteiger partial charge on any atom is 0.410 e. The molecule has 0 aromatic heterocycles. The summed E-state index contributed by atoms with van der Waals surface area (Å²) in [5, 5.41) is 1.47. The van der Waals surface area contributed by atoms with Crippen LogP contribution in [0.25, 0.3) is 17.2 Å². The molecule has 4 rings (SSSR count). The van der Waals surface area contributed by atoms with Crippen molar-refractivity contribution >= 4 is 22.8 Å². The molecule has 0 aliphatic carbocycles. The second-order valence-electron chi connectivity index (χ2n) is 9.39. The second kappa shape index (κ2) is 8.81. The van der Waals surface area contributed by atoms with Crippen LogP contribution >= 0.6 is 10.6 Å². The number of fused-ring (bicyclic) bond motifs is 1. The topological polar surface area (TPSA) is 79.2 Å². The molecular formula is C25H31NO5S. The lowest BCUT2D eigenvalue weighted by atomic mass is 9.98. The Labute approximate surface area is 191 Å². The minimum Gasteiger partial charge on any atom is -0.493 e. The van der Waals surface area contributed by atoms with Crippen molar-refractivity contribution in [1.82, 2.24) is 4.90 Å². The predicted molar refractivity (Wildman–Crippen MR) is 128 cm³/mol. The number of nitrogens with zero attached hydrogens (tertiary/aromatic N) is 1. The van der Waals surface area contributed by atoms with Crippen molar-refractivity contribution in [1.29, 1.82) is 0 Å². The lowest BCUT2D eigenvalue weighted by Crippen LogP contribution is -2.42. The van der Waals surface area contributed by atoms with Gasteiger partial charge in [0.1, 0.15) is 11.4 Å². The molecule has 2 aliphatic heterocycles. The van der Waals surface area contributed by atoms with Gasteiger partial charge >= 0.3 is 6.09 Å². The maximum absolute atomic E-state index is 12.2. The van der Waals surface area contributed by atoms with Gasteiger partial charge in [-0.25, -0.2) is 4.79 Å². The van der Waals surface area contributed by atoms with E-state index in [0.717, 1.165) is 35.3 Å². The van der Waals surface area contributed by atoms with Crippen molar-refractivity contribution in [3.63, 3.8) is 0 Å². The molecule has 172 valence electrons. The lowest BCUT2D eigenvalue weighted by molar-refractivity contribution is 0.0165. The zero-order valence-corrected chi connectivity index (χ0v) is 19.6. The zero-order chi connectivity index (χ0) is 22.9. The molecule has 32 heavy (non-hydrogen) atoms. The molecule has 1 fully saturated rings. The number of rotatable bonds is 4. The maximum atomic E-state index is 12.2. The summed E-state index contributed by atoms with van der Waals surface area (Å²) < 4.78 is 31.5. The Morgan fingerprint density at radius 1 is 1.06 bits per heavy atom. The Balaban J connectivity index is 1.28. The quantitative estimate of drug-likeness (QED) is 0.550. The van der Waals surface area contributed by atoms with Gasteiger partial charge in [-0.2, -0.15) is 0 Å². The van der Waals surface area contributed by atoms with Crippen LogP contribution in [0.1, 0.15) is 39.2 Å². The van der Waals surface area contributed by atoms with Crippen LogP contribution in [0, 0.1) is 5.92 Å². The number of ether oxygens (including phenoxy) is 2. The molecule has 0 unspecified atom stereocenters. The second-order valence-corrected chi connectivity index (χ2v) is 11.3. The zero-order valence-electron chi connectivity index (χ0n) is 18.8. The molecular weight excluding hydrogens is 426 g/mol. The summed E-state index contributed by atoms with van der Waals surface area (Å²) in [4.78, 5) is 14.5. The van der Waals surface area contributed by atoms with Gasteiger partial charge in [-0.1, -0.05) is 18.2 Å². The molecule has 0 radical (unpaired) electrons. The third kappa shape index (κ3) is 5.28. The highest BCUT2D eigenvalue weighted by molar-refractivity contribution is 8.27. The fourth-order valence-corrected chi connectivity index (χ4v) is 5.16. The van der Waals surface area contributed by atoms with Crippen molar-refractivity contribution in [3.8, 4) is 16.9 Å². The Kier molecular flexibility index (Phi) is 6.25. The van der Waals surface area contributed by atoms with Crippen LogP contribution in [-0.2, 0) is 4.74 Å². The fourth-order valence-electron chi connectivity index (χ4n) is 3.94. The first kappa shape index (κ1) is 22.7. The standard InChI is InChI=1S/C25H31NO5S/c1-25(2,3)31-24(27)26-13-10-18(11-14-26)17-30-22-7-4-19(5-8-22)20-6-9-23-21(16-20)12-15-32(23,28)29/h4-9,12,15-16,18,28-29H,10-11,13-14,17H2,1-3H3. The molecule has 0 bridgehead atoms. The third-order valence-electron chi connectivity index (χ3n) is 5.71. The molecule has 6 nitrogen and oxygen atoms in total. The van der Waals surface area contributed by atoms with E-state index in [1.807, 2.05) is 57.2 Å². The largest absolute Gasteiger partial charge is 0.493 e. The van der Waals surface area contributed by atoms with E-state index in [1.54, 1.807) is 17.0 Å². The highest BCUT2D eigenvalue weighted by atomic mass is 32.3. The summed E-state index contributed by atoms with van der Waals surface area (Å²) >= 11 is 0. The normalized spacial score (nSPS) is 18.8. The van der Waals surface area contributed by atoms with Crippen LogP contribution in [0.3, 0.4) is 0 Å². The van der Waals surface area contributed by atoms with Gasteiger partial charge in [0.2, 0.25) is 0 Å². The SMILES string of the molecule is CC(C)(C)OC(=O)N1CCC(COc2ccc(-c3ccc4c(c3)C=CS4(O)O)cc2)CC1. The van der Waals surface area contributed by atoms with Crippen molar-refractivity contribution < 1.29 is 23.4 Å². The number of carbonyl (C=O) groups excluding carboxylic acids is 1. The van der Waals surface area contributed by atoms with Gasteiger partial charge < -0.3 is 14.4 Å². The summed E-state index contributed by atoms with van der Waals surface area (Å²) in [6.07, 6.45) is 3.33. The molecule has 1 saturated heterocycles. The van der Waals surface area contributed by atoms with E-state index in [1.165, 1.54) is 5.41 Å². The number of amides is 1. The van der Waals surface area contributed by atoms with E-state index in [9.17, 15) is 13.9 Å². The number of piperidine rings is 1. The molecule has 2 aromatic rings. The van der Waals surface area contributed by atoms with Gasteiger partial charge in [0.05, 0.1) is 11.5 Å². The molecule has 0 spiro atoms. The monoisotopic (exact) mass is 457 g/mol. The highest BCUT2D eigenvalue weighted by Crippen LogP contribution is 2.56. The van der Waals surface area contributed by atoms with E-state index >= 15 is 0 Å². The van der Waals surface area contributed by atoms with E-state index in [4.69, 9.17) is 9.47 Å². The Morgan fingerprint density at radius 2 is 1.72 bits per heavy atom. The Morgan fingerprint density at radius 3 is 2.38 bits per heavy atom. The minimum absolute atomic E-state index is 0.237. The van der Waals surface area contributed by atoms with Crippen LogP contribution in [0.4, 0.5) is 4.79 Å². The van der Waals surface area contributed by atoms with Gasteiger partial charge in [-0.3, -0.25) is 9.11 Å². The first-order valence-electron chi connectivity index (χ1n) is 10.9. The van der Waals surface area contributed by atoms with Crippen LogP contribution < -0.4 is 4.74 Å². The van der Waals surface area contributed by atoms with Gasteiger partial charge in [0.15, 0.2) is 0 Å². The molecule has 7 heteroatoms. The third-order valence-corrected chi connectivity index (χ3v) is 7.25. The van der Waals surface area contributed by atoms with E-state index in [2.05, 4.69) is 0 Å². The van der Waals surface area contributed by atoms with Crippen molar-refractivity contribution in [2.24, 2.45) is 5.92 Å². The molecule has 2 N–H and O–H groups in total. The first-order chi connectivity index (χ1) is 15.1. The predicted octanol–water partition coefficient (Wildman–Crippen LogP) is 6.47. The van der Waals surface area contributed by atoms with Gasteiger partial charge in [0.25, 0.3) is 0 Å². The van der Waals surface area contributed by atoms with Crippen molar-refractivity contribution in [2.45, 2.75) is 44.1 Å². The summed E-state index contributed by atoms with van der Waals surface area (Å²) in [5.74, 6) is 1.23. The van der Waals surface area contributed by atoms with E-state index in [-0.39, 0.29) is 6.09 Å². The van der Waals surface area contributed by atoms with Crippen LogP contribution in [0.15, 0.2) is 52.8 Å². The summed E-state index contributed by atoms with van der Waals surface area (Å²) in [5.41, 5.74) is 2.44. The lowest BCUT2D eigenvalue weighted by Gasteiger charge is -2.33. The smallest absolute Gasteiger partial charge is 0.410 e. The van der Waals surface area contributed by atoms with Gasteiger partial charge in [-0.15, -0.1) is 10.6 Å². The molecule has 0 atom stereocenters. The molecule has 2 aromatic carbocycles. The number of hydrogen-bond acceptors (Lipinski definition) is 5. The molecule has 1 amide bonds. The molecule has 2 aliphatic rings. The minimum atomic E-state index is -2.78. The van der Waals surface area contributed by atoms with Crippen molar-refractivity contribution in [3.05, 3.63) is 53.4 Å². The molecule has 0 saturated carbocycles. The molecule has 2 heterocycles. The van der Waals surface area contributed by atoms with Crippen molar-refractivity contribution in [2.75, 3.05) is 19.7 Å². The number of carbonyl (C=O) groups is 1. The highest BCUT2D eigenvalue weighted by Gasteiger charge is 2.27. The average Bonchev–Trinajstić information content (AvgIpc) is 3.06. The summed E-state index contributed by atoms with van der Waals surface area (Å²) in [7, 11) is -2.78. The number of benzene rings is 2. The number of likely N-dealkylation sites (tertiary alicyclic amines) is 1. The summed E-state index contributed by atoms with van der Waals surface area (Å²) in [6.45, 7) is 7.66. The van der Waals surface area contributed by atoms with Crippen LogP contribution in [-0.4, -0.2) is 45.4 Å². The van der Waals surface area contributed by atoms with Gasteiger partial charge in [0, 0.05) is 18.5 Å².